The molecule has 0 heterocycles. The zero-order chi connectivity index (χ0) is 15.9. The maximum Gasteiger partial charge on any atom is -1.00 e. The Kier molecular flexibility index (Phi) is 12.8. The van der Waals surface area contributed by atoms with E-state index in [1.54, 1.807) is 14.4 Å². The van der Waals surface area contributed by atoms with Gasteiger partial charge >= 0.3 is 145 Å². The van der Waals surface area contributed by atoms with E-state index in [-0.39, 0.29) is 24.8 Å². The monoisotopic (exact) mass is 534 g/mol. The molecular formula is C21H32Cl2Hf. The largest absolute Gasteiger partial charge is 1.00 e. The van der Waals surface area contributed by atoms with Crippen LogP contribution in [0.25, 0.3) is 0 Å². The van der Waals surface area contributed by atoms with Crippen molar-refractivity contribution in [1.82, 2.24) is 0 Å². The second-order valence-corrected chi connectivity index (χ2v) is 17.4. The van der Waals surface area contributed by atoms with Crippen LogP contribution in [0, 0.1) is 0 Å². The molecule has 0 amide bonds. The van der Waals surface area contributed by atoms with Gasteiger partial charge in [0.05, 0.1) is 0 Å². The summed E-state index contributed by atoms with van der Waals surface area (Å²) in [7, 11) is 0. The van der Waals surface area contributed by atoms with E-state index in [1.807, 2.05) is 6.66 Å². The normalized spacial score (nSPS) is 15.3. The first-order valence-corrected chi connectivity index (χ1v) is 14.5. The predicted molar refractivity (Wildman–Crippen MR) is 97.0 cm³/mol. The minimum absolute atomic E-state index is 0. The first kappa shape index (κ1) is 24.3. The molecule has 2 rings (SSSR count). The Hall–Kier alpha value is 0.280. The van der Waals surface area contributed by atoms with E-state index >= 15 is 0 Å². The van der Waals surface area contributed by atoms with Gasteiger partial charge in [-0.05, 0) is 0 Å². The third-order valence-corrected chi connectivity index (χ3v) is 16.5. The molecule has 0 aromatic heterocycles. The van der Waals surface area contributed by atoms with Gasteiger partial charge in [-0.15, -0.1) is 0 Å². The van der Waals surface area contributed by atoms with Crippen molar-refractivity contribution in [2.24, 2.45) is 0 Å². The van der Waals surface area contributed by atoms with Gasteiger partial charge in [-0.1, -0.05) is 0 Å². The fraction of sp³-hybridized carbons (Fsp3) is 0.571. The molecule has 0 bridgehead atoms. The fourth-order valence-electron chi connectivity index (χ4n) is 3.62. The van der Waals surface area contributed by atoms with E-state index in [0.29, 0.717) is 0 Å². The summed E-state index contributed by atoms with van der Waals surface area (Å²) < 4.78 is 5.60. The maximum atomic E-state index is 2.45. The molecule has 134 valence electrons. The van der Waals surface area contributed by atoms with E-state index in [0.717, 1.165) is 0 Å². The number of halogens is 2. The summed E-state index contributed by atoms with van der Waals surface area (Å²) in [6, 6.07) is 0. The number of hydrogen-bond acceptors (Lipinski definition) is 0. The Balaban J connectivity index is 0.00000264. The van der Waals surface area contributed by atoms with Crippen molar-refractivity contribution in [2.45, 2.75) is 79.1 Å². The van der Waals surface area contributed by atoms with Crippen molar-refractivity contribution in [1.29, 1.82) is 0 Å². The molecule has 0 saturated carbocycles. The van der Waals surface area contributed by atoms with Crippen LogP contribution in [0.4, 0.5) is 0 Å². The van der Waals surface area contributed by atoms with Crippen LogP contribution in [0.1, 0.15) is 79.1 Å². The molecule has 0 spiro atoms. The van der Waals surface area contributed by atoms with Gasteiger partial charge in [0.25, 0.3) is 0 Å². The van der Waals surface area contributed by atoms with Crippen LogP contribution in [-0.4, -0.2) is 3.26 Å². The van der Waals surface area contributed by atoms with Gasteiger partial charge in [0.1, 0.15) is 0 Å². The molecule has 0 radical (unpaired) electrons. The minimum Gasteiger partial charge on any atom is -1.00 e. The van der Waals surface area contributed by atoms with E-state index in [1.165, 1.54) is 51.4 Å². The van der Waals surface area contributed by atoms with E-state index in [2.05, 4.69) is 52.0 Å². The van der Waals surface area contributed by atoms with Gasteiger partial charge in [0.2, 0.25) is 0 Å². The van der Waals surface area contributed by atoms with Crippen molar-refractivity contribution < 1.29 is 45.8 Å². The zero-order valence-corrected chi connectivity index (χ0v) is 20.8. The number of rotatable bonds is 8. The number of hydrogen-bond donors (Lipinski definition) is 0. The molecule has 0 aliphatic heterocycles. The zero-order valence-electron chi connectivity index (χ0n) is 15.7. The molecule has 2 aliphatic rings. The van der Waals surface area contributed by atoms with Gasteiger partial charge in [0.15, 0.2) is 0 Å². The van der Waals surface area contributed by atoms with E-state index in [4.69, 9.17) is 0 Å². The molecule has 0 unspecified atom stereocenters. The van der Waals surface area contributed by atoms with Crippen LogP contribution < -0.4 is 24.8 Å². The molecule has 24 heavy (non-hydrogen) atoms. The Bertz CT molecular complexity index is 514. The number of unbranched alkanes of at least 4 members (excludes halogenated alkanes) is 2. The topological polar surface area (TPSA) is 0 Å². The fourth-order valence-corrected chi connectivity index (χ4v) is 15.4. The summed E-state index contributed by atoms with van der Waals surface area (Å²) in [6.07, 6.45) is 20.2. The molecule has 0 N–H and O–H groups in total. The predicted octanol–water partition coefficient (Wildman–Crippen LogP) is 0.633. The van der Waals surface area contributed by atoms with Gasteiger partial charge in [-0.2, -0.15) is 0 Å². The average molecular weight is 534 g/mol. The van der Waals surface area contributed by atoms with Crippen LogP contribution >= 0.6 is 0 Å². The summed E-state index contributed by atoms with van der Waals surface area (Å²) in [5.74, 6) is 0. The van der Waals surface area contributed by atoms with Crippen molar-refractivity contribution in [3.63, 3.8) is 0 Å². The second kappa shape index (κ2) is 12.6. The molecule has 0 nitrogen and oxygen atoms in total. The van der Waals surface area contributed by atoms with Gasteiger partial charge in [-0.3, -0.25) is 0 Å². The van der Waals surface area contributed by atoms with Crippen LogP contribution in [0.15, 0.2) is 42.1 Å². The van der Waals surface area contributed by atoms with Crippen molar-refractivity contribution in [3.8, 4) is 0 Å². The average Bonchev–Trinajstić information content (AvgIpc) is 3.13. The van der Waals surface area contributed by atoms with Crippen LogP contribution in [0.5, 0.6) is 0 Å². The first-order valence-electron chi connectivity index (χ1n) is 9.14. The van der Waals surface area contributed by atoms with Crippen molar-refractivity contribution in [3.05, 3.63) is 42.1 Å². The third kappa shape index (κ3) is 6.22. The second-order valence-electron chi connectivity index (χ2n) is 6.80. The van der Waals surface area contributed by atoms with Crippen LogP contribution in [-0.2, 0) is 21.0 Å². The smallest absolute Gasteiger partial charge is 1.00 e. The Labute approximate surface area is 169 Å². The van der Waals surface area contributed by atoms with Crippen molar-refractivity contribution in [2.75, 3.05) is 0 Å². The van der Waals surface area contributed by atoms with Crippen LogP contribution in [0.3, 0.4) is 0 Å². The third-order valence-electron chi connectivity index (χ3n) is 4.76. The minimum atomic E-state index is -1.94. The molecule has 2 aliphatic carbocycles. The summed E-state index contributed by atoms with van der Waals surface area (Å²) in [5.41, 5.74) is 3.44. The quantitative estimate of drug-likeness (QED) is 0.402. The van der Waals surface area contributed by atoms with Gasteiger partial charge in [0, 0.05) is 0 Å². The SMILES string of the molecule is CCCCC1=[C]([Hf+2]([C]2=C(CCCC)C=CC2)=[C](C)C)CC=C1.[Cl-].[Cl-]. The van der Waals surface area contributed by atoms with Gasteiger partial charge < -0.3 is 24.8 Å². The Morgan fingerprint density at radius 2 is 1.25 bits per heavy atom. The summed E-state index contributed by atoms with van der Waals surface area (Å²) in [6.45, 7) is 9.47. The van der Waals surface area contributed by atoms with Gasteiger partial charge in [-0.25, -0.2) is 0 Å². The van der Waals surface area contributed by atoms with E-state index in [9.17, 15) is 0 Å². The summed E-state index contributed by atoms with van der Waals surface area (Å²) >= 11 is -1.94. The summed E-state index contributed by atoms with van der Waals surface area (Å²) in [4.78, 5) is 0. The molecule has 3 heteroatoms. The molecule has 0 aromatic carbocycles. The summed E-state index contributed by atoms with van der Waals surface area (Å²) in [5, 5.41) is 0. The first-order chi connectivity index (χ1) is 10.7. The Morgan fingerprint density at radius 3 is 1.58 bits per heavy atom. The van der Waals surface area contributed by atoms with Crippen LogP contribution in [0.2, 0.25) is 0 Å². The maximum absolute atomic E-state index is 2.45. The van der Waals surface area contributed by atoms with Crippen molar-refractivity contribution >= 4 is 3.26 Å². The molecule has 0 aromatic rings. The Morgan fingerprint density at radius 1 is 0.833 bits per heavy atom. The molecule has 0 fully saturated rings. The standard InChI is InChI=1S/2C9H13.C3H6.2ClH.Hf/c2*1-2-3-6-9-7-4-5-8-9;1-3-2;;;/h2*4,7H,2-3,5-6H2,1H3;1-2H3;2*1H;/q;;;;;+2/p-2. The van der Waals surface area contributed by atoms with E-state index < -0.39 is 21.0 Å². The molecule has 0 saturated heterocycles. The molecular weight excluding hydrogens is 502 g/mol. The molecule has 0 atom stereocenters. The number of allylic oxidation sites excluding steroid dienone is 8.